The minimum absolute atomic E-state index is 0.0839. The van der Waals surface area contributed by atoms with Gasteiger partial charge in [-0.15, -0.1) is 5.10 Å². The molecule has 0 saturated carbocycles. The number of aromatic nitrogens is 3. The smallest absolute Gasteiger partial charge is 0.290 e. The molecule has 0 spiro atoms. The Labute approximate surface area is 107 Å². The number of hydrogen-bond donors (Lipinski definition) is 1. The Kier molecular flexibility index (Phi) is 3.26. The molecule has 1 aromatic carbocycles. The summed E-state index contributed by atoms with van der Waals surface area (Å²) in [5.41, 5.74) is 7.25. The molecule has 2 N–H and O–H groups in total. The van der Waals surface area contributed by atoms with Crippen LogP contribution in [0.4, 0.5) is 5.69 Å². The summed E-state index contributed by atoms with van der Waals surface area (Å²) in [7, 11) is 0. The van der Waals surface area contributed by atoms with Gasteiger partial charge in [0.05, 0.1) is 22.0 Å². The van der Waals surface area contributed by atoms with Crippen LogP contribution in [0.1, 0.15) is 11.4 Å². The predicted octanol–water partition coefficient (Wildman–Crippen LogP) is 1.60. The Morgan fingerprint density at radius 3 is 2.83 bits per heavy atom. The zero-order valence-electron chi connectivity index (χ0n) is 9.50. The number of nitrogens with two attached hydrogens (primary N) is 1. The van der Waals surface area contributed by atoms with Gasteiger partial charge in [0.1, 0.15) is 5.02 Å². The van der Waals surface area contributed by atoms with Crippen LogP contribution < -0.4 is 5.73 Å². The van der Waals surface area contributed by atoms with Crippen molar-refractivity contribution in [2.75, 3.05) is 0 Å². The molecule has 0 aliphatic carbocycles. The molecule has 0 amide bonds. The van der Waals surface area contributed by atoms with Crippen LogP contribution in [-0.4, -0.2) is 19.9 Å². The number of nitrogens with zero attached hydrogens (tertiary/aromatic N) is 4. The van der Waals surface area contributed by atoms with E-state index in [4.69, 9.17) is 17.3 Å². The molecular weight excluding hydrogens is 258 g/mol. The van der Waals surface area contributed by atoms with Gasteiger partial charge in [-0.25, -0.2) is 4.68 Å². The molecule has 0 atom stereocenters. The summed E-state index contributed by atoms with van der Waals surface area (Å²) >= 11 is 5.74. The van der Waals surface area contributed by atoms with E-state index in [1.165, 1.54) is 16.8 Å². The lowest BCUT2D eigenvalue weighted by molar-refractivity contribution is -0.384. The topological polar surface area (TPSA) is 99.9 Å². The fourth-order valence-corrected chi connectivity index (χ4v) is 1.75. The highest BCUT2D eigenvalue weighted by Gasteiger charge is 2.16. The molecular formula is C10H10ClN5O2. The van der Waals surface area contributed by atoms with E-state index in [9.17, 15) is 10.1 Å². The molecule has 7 nitrogen and oxygen atoms in total. The molecule has 8 heteroatoms. The van der Waals surface area contributed by atoms with Crippen molar-refractivity contribution in [1.82, 2.24) is 15.0 Å². The maximum Gasteiger partial charge on any atom is 0.290 e. The van der Waals surface area contributed by atoms with Crippen molar-refractivity contribution in [1.29, 1.82) is 0 Å². The molecule has 2 rings (SSSR count). The highest BCUT2D eigenvalue weighted by atomic mass is 35.5. The second kappa shape index (κ2) is 4.71. The first kappa shape index (κ1) is 12.5. The summed E-state index contributed by atoms with van der Waals surface area (Å²) in [6, 6.07) is 4.44. The van der Waals surface area contributed by atoms with Gasteiger partial charge in [-0.3, -0.25) is 10.1 Å². The number of hydrogen-bond acceptors (Lipinski definition) is 5. The van der Waals surface area contributed by atoms with Crippen LogP contribution >= 0.6 is 11.6 Å². The van der Waals surface area contributed by atoms with Crippen LogP contribution in [0.25, 0.3) is 5.69 Å². The summed E-state index contributed by atoms with van der Waals surface area (Å²) < 4.78 is 1.49. The fourth-order valence-electron chi connectivity index (χ4n) is 1.57. The van der Waals surface area contributed by atoms with Crippen molar-refractivity contribution in [2.45, 2.75) is 13.5 Å². The number of nitro groups is 1. The minimum atomic E-state index is -0.540. The number of halogens is 1. The van der Waals surface area contributed by atoms with E-state index in [0.29, 0.717) is 11.4 Å². The van der Waals surface area contributed by atoms with E-state index < -0.39 is 4.92 Å². The molecule has 1 heterocycles. The minimum Gasteiger partial charge on any atom is -0.325 e. The quantitative estimate of drug-likeness (QED) is 0.672. The Morgan fingerprint density at radius 1 is 1.56 bits per heavy atom. The summed E-state index contributed by atoms with van der Waals surface area (Å²) in [5, 5.41) is 18.7. The molecule has 0 bridgehead atoms. The predicted molar refractivity (Wildman–Crippen MR) is 65.7 cm³/mol. The Hall–Kier alpha value is -1.99. The van der Waals surface area contributed by atoms with E-state index >= 15 is 0 Å². The summed E-state index contributed by atoms with van der Waals surface area (Å²) in [6.07, 6.45) is 0. The maximum absolute atomic E-state index is 10.8. The van der Waals surface area contributed by atoms with Gasteiger partial charge in [-0.1, -0.05) is 16.8 Å². The van der Waals surface area contributed by atoms with Crippen molar-refractivity contribution in [3.05, 3.63) is 44.7 Å². The summed E-state index contributed by atoms with van der Waals surface area (Å²) in [5.74, 6) is 0. The van der Waals surface area contributed by atoms with Crippen molar-refractivity contribution in [2.24, 2.45) is 5.73 Å². The van der Waals surface area contributed by atoms with Crippen LogP contribution in [-0.2, 0) is 6.54 Å². The molecule has 0 unspecified atom stereocenters. The molecule has 18 heavy (non-hydrogen) atoms. The van der Waals surface area contributed by atoms with Gasteiger partial charge < -0.3 is 5.73 Å². The fraction of sp³-hybridized carbons (Fsp3) is 0.200. The van der Waals surface area contributed by atoms with Crippen LogP contribution in [0.2, 0.25) is 5.02 Å². The van der Waals surface area contributed by atoms with Gasteiger partial charge in [0, 0.05) is 12.6 Å². The van der Waals surface area contributed by atoms with E-state index in [1.807, 2.05) is 0 Å². The van der Waals surface area contributed by atoms with Crippen molar-refractivity contribution < 1.29 is 4.92 Å². The van der Waals surface area contributed by atoms with Crippen LogP contribution in [0.15, 0.2) is 18.2 Å². The van der Waals surface area contributed by atoms with Gasteiger partial charge >= 0.3 is 0 Å². The standard InChI is InChI=1S/C10H10ClN5O2/c1-6-9(5-12)13-14-15(6)7-2-3-8(11)10(4-7)16(17)18/h2-4H,5,12H2,1H3. The van der Waals surface area contributed by atoms with Gasteiger partial charge in [-0.2, -0.15) is 0 Å². The molecule has 0 saturated heterocycles. The molecule has 0 radical (unpaired) electrons. The van der Waals surface area contributed by atoms with Gasteiger partial charge in [0.15, 0.2) is 0 Å². The second-order valence-corrected chi connectivity index (χ2v) is 4.04. The van der Waals surface area contributed by atoms with Crippen LogP contribution in [0.3, 0.4) is 0 Å². The molecule has 0 aliphatic heterocycles. The molecule has 94 valence electrons. The van der Waals surface area contributed by atoms with Gasteiger partial charge in [-0.05, 0) is 19.1 Å². The third-order valence-electron chi connectivity index (χ3n) is 2.55. The largest absolute Gasteiger partial charge is 0.325 e. The Balaban J connectivity index is 2.54. The molecule has 0 aliphatic rings. The highest BCUT2D eigenvalue weighted by molar-refractivity contribution is 6.32. The number of benzene rings is 1. The monoisotopic (exact) mass is 267 g/mol. The normalized spacial score (nSPS) is 10.6. The van der Waals surface area contributed by atoms with E-state index in [-0.39, 0.29) is 17.3 Å². The first-order chi connectivity index (χ1) is 8.54. The second-order valence-electron chi connectivity index (χ2n) is 3.63. The first-order valence-corrected chi connectivity index (χ1v) is 5.48. The average Bonchev–Trinajstić information content (AvgIpc) is 2.71. The lowest BCUT2D eigenvalue weighted by Gasteiger charge is -2.04. The van der Waals surface area contributed by atoms with Crippen molar-refractivity contribution >= 4 is 17.3 Å². The van der Waals surface area contributed by atoms with E-state index in [2.05, 4.69) is 10.3 Å². The number of rotatable bonds is 3. The van der Waals surface area contributed by atoms with E-state index in [1.54, 1.807) is 13.0 Å². The Bertz CT molecular complexity index is 610. The summed E-state index contributed by atoms with van der Waals surface area (Å²) in [4.78, 5) is 10.3. The van der Waals surface area contributed by atoms with Gasteiger partial charge in [0.25, 0.3) is 5.69 Å². The zero-order valence-corrected chi connectivity index (χ0v) is 10.3. The Morgan fingerprint density at radius 2 is 2.28 bits per heavy atom. The number of nitro benzene ring substituents is 1. The van der Waals surface area contributed by atoms with Crippen molar-refractivity contribution in [3.63, 3.8) is 0 Å². The SMILES string of the molecule is Cc1c(CN)nnn1-c1ccc(Cl)c([N+](=O)[O-])c1. The molecule has 1 aromatic heterocycles. The zero-order chi connectivity index (χ0) is 13.3. The van der Waals surface area contributed by atoms with Crippen LogP contribution in [0.5, 0.6) is 0 Å². The molecule has 2 aromatic rings. The third-order valence-corrected chi connectivity index (χ3v) is 2.87. The maximum atomic E-state index is 10.8. The lowest BCUT2D eigenvalue weighted by Crippen LogP contribution is -2.02. The highest BCUT2D eigenvalue weighted by Crippen LogP contribution is 2.27. The van der Waals surface area contributed by atoms with Gasteiger partial charge in [0.2, 0.25) is 0 Å². The molecule has 0 fully saturated rings. The summed E-state index contributed by atoms with van der Waals surface area (Å²) in [6.45, 7) is 2.06. The van der Waals surface area contributed by atoms with Crippen molar-refractivity contribution in [3.8, 4) is 5.69 Å². The lowest BCUT2D eigenvalue weighted by atomic mass is 10.2. The third kappa shape index (κ3) is 2.05. The average molecular weight is 268 g/mol. The van der Waals surface area contributed by atoms with E-state index in [0.717, 1.165) is 5.69 Å². The first-order valence-electron chi connectivity index (χ1n) is 5.10. The van der Waals surface area contributed by atoms with Crippen LogP contribution in [0, 0.1) is 17.0 Å².